The molecule has 0 saturated heterocycles. The van der Waals surface area contributed by atoms with Crippen molar-refractivity contribution in [3.8, 4) is 5.75 Å². The zero-order chi connectivity index (χ0) is 9.14. The first kappa shape index (κ1) is 8.80. The number of aromatic nitrogens is 1. The third kappa shape index (κ3) is 1.48. The van der Waals surface area contributed by atoms with Crippen molar-refractivity contribution in [2.45, 2.75) is 0 Å². The first-order valence-corrected chi connectivity index (χ1v) is 3.45. The van der Waals surface area contributed by atoms with E-state index in [2.05, 4.69) is 4.98 Å². The maximum Gasteiger partial charge on any atom is 0.338 e. The van der Waals surface area contributed by atoms with Crippen LogP contribution < -0.4 is 4.74 Å². The Hall–Kier alpha value is -1.29. The molecule has 0 unspecified atom stereocenters. The number of ether oxygens (including phenoxy) is 1. The summed E-state index contributed by atoms with van der Waals surface area (Å²) < 4.78 is 4.78. The Morgan fingerprint density at radius 3 is 2.83 bits per heavy atom. The molecule has 1 N–H and O–H groups in total. The Bertz CT molecular complexity index is 314. The first-order valence-electron chi connectivity index (χ1n) is 3.07. The van der Waals surface area contributed by atoms with Gasteiger partial charge < -0.3 is 9.84 Å². The molecule has 0 radical (unpaired) electrons. The summed E-state index contributed by atoms with van der Waals surface area (Å²) in [5.41, 5.74) is -0.0592. The third-order valence-electron chi connectivity index (χ3n) is 1.30. The molecule has 12 heavy (non-hydrogen) atoms. The molecular formula is C7H6ClNO3. The van der Waals surface area contributed by atoms with Crippen LogP contribution in [0.2, 0.25) is 5.02 Å². The first-order chi connectivity index (χ1) is 5.66. The Morgan fingerprint density at radius 2 is 2.33 bits per heavy atom. The van der Waals surface area contributed by atoms with Gasteiger partial charge in [-0.1, -0.05) is 11.6 Å². The average Bonchev–Trinajstić information content (AvgIpc) is 2.04. The molecule has 0 amide bonds. The van der Waals surface area contributed by atoms with Crippen LogP contribution in [-0.4, -0.2) is 23.2 Å². The van der Waals surface area contributed by atoms with Crippen molar-refractivity contribution in [2.75, 3.05) is 7.11 Å². The van der Waals surface area contributed by atoms with E-state index in [9.17, 15) is 4.79 Å². The summed E-state index contributed by atoms with van der Waals surface area (Å²) in [5.74, 6) is -0.858. The molecule has 1 aromatic rings. The maximum atomic E-state index is 10.5. The number of rotatable bonds is 2. The SMILES string of the molecule is COc1cncc(C(=O)O)c1Cl. The summed E-state index contributed by atoms with van der Waals surface area (Å²) >= 11 is 5.66. The number of carbonyl (C=O) groups is 1. The summed E-state index contributed by atoms with van der Waals surface area (Å²) in [7, 11) is 1.40. The van der Waals surface area contributed by atoms with Crippen LogP contribution in [0.4, 0.5) is 0 Å². The number of halogens is 1. The molecule has 64 valence electrons. The number of aromatic carboxylic acids is 1. The number of nitrogens with zero attached hydrogens (tertiary/aromatic N) is 1. The van der Waals surface area contributed by atoms with Gasteiger partial charge in [0.2, 0.25) is 0 Å². The molecule has 0 fully saturated rings. The van der Waals surface area contributed by atoms with E-state index in [0.29, 0.717) is 0 Å². The van der Waals surface area contributed by atoms with Gasteiger partial charge in [-0.15, -0.1) is 0 Å². The van der Waals surface area contributed by atoms with E-state index < -0.39 is 5.97 Å². The van der Waals surface area contributed by atoms with Gasteiger partial charge in [-0.2, -0.15) is 0 Å². The van der Waals surface area contributed by atoms with E-state index >= 15 is 0 Å². The Morgan fingerprint density at radius 1 is 1.67 bits per heavy atom. The van der Waals surface area contributed by atoms with Gasteiger partial charge in [0.15, 0.2) is 5.75 Å². The zero-order valence-corrected chi connectivity index (χ0v) is 7.00. The summed E-state index contributed by atoms with van der Waals surface area (Å²) in [6, 6.07) is 0. The second kappa shape index (κ2) is 3.40. The van der Waals surface area contributed by atoms with E-state index in [-0.39, 0.29) is 16.3 Å². The molecule has 0 aliphatic carbocycles. The highest BCUT2D eigenvalue weighted by atomic mass is 35.5. The van der Waals surface area contributed by atoms with Crippen LogP contribution in [0.5, 0.6) is 5.75 Å². The molecule has 0 spiro atoms. The van der Waals surface area contributed by atoms with Crippen LogP contribution in [0.25, 0.3) is 0 Å². The third-order valence-corrected chi connectivity index (χ3v) is 1.69. The maximum absolute atomic E-state index is 10.5. The van der Waals surface area contributed by atoms with Crippen LogP contribution in [0.15, 0.2) is 12.4 Å². The van der Waals surface area contributed by atoms with Gasteiger partial charge in [0.25, 0.3) is 0 Å². The Balaban J connectivity index is 3.23. The molecule has 1 rings (SSSR count). The highest BCUT2D eigenvalue weighted by molar-refractivity contribution is 6.34. The van der Waals surface area contributed by atoms with E-state index in [4.69, 9.17) is 21.4 Å². The summed E-state index contributed by atoms with van der Waals surface area (Å²) in [5, 5.41) is 8.68. The standard InChI is InChI=1S/C7H6ClNO3/c1-12-5-3-9-2-4(6(5)8)7(10)11/h2-3H,1H3,(H,10,11). The molecule has 1 aromatic heterocycles. The number of carboxylic acids is 1. The minimum atomic E-state index is -1.12. The summed E-state index contributed by atoms with van der Waals surface area (Å²) in [4.78, 5) is 14.2. The average molecular weight is 188 g/mol. The second-order valence-electron chi connectivity index (χ2n) is 2.01. The molecule has 4 nitrogen and oxygen atoms in total. The summed E-state index contributed by atoms with van der Waals surface area (Å²) in [6.45, 7) is 0. The van der Waals surface area contributed by atoms with Gasteiger partial charge in [-0.25, -0.2) is 4.79 Å². The highest BCUT2D eigenvalue weighted by Crippen LogP contribution is 2.26. The van der Waals surface area contributed by atoms with Crippen molar-refractivity contribution < 1.29 is 14.6 Å². The minimum Gasteiger partial charge on any atom is -0.494 e. The van der Waals surface area contributed by atoms with Crippen LogP contribution >= 0.6 is 11.6 Å². The number of methoxy groups -OCH3 is 1. The van der Waals surface area contributed by atoms with Crippen molar-refractivity contribution in [1.29, 1.82) is 0 Å². The normalized spacial score (nSPS) is 9.50. The van der Waals surface area contributed by atoms with Gasteiger partial charge in [0.05, 0.1) is 13.3 Å². The lowest BCUT2D eigenvalue weighted by Crippen LogP contribution is -1.99. The molecule has 0 saturated carbocycles. The largest absolute Gasteiger partial charge is 0.494 e. The fourth-order valence-corrected chi connectivity index (χ4v) is 0.973. The number of hydrogen-bond donors (Lipinski definition) is 1. The van der Waals surface area contributed by atoms with E-state index in [1.54, 1.807) is 0 Å². The number of hydrogen-bond acceptors (Lipinski definition) is 3. The highest BCUT2D eigenvalue weighted by Gasteiger charge is 2.12. The molecule has 0 atom stereocenters. The molecule has 5 heteroatoms. The Labute approximate surface area is 73.8 Å². The lowest BCUT2D eigenvalue weighted by Gasteiger charge is -2.03. The second-order valence-corrected chi connectivity index (χ2v) is 2.39. The Kier molecular flexibility index (Phi) is 2.50. The van der Waals surface area contributed by atoms with E-state index in [1.165, 1.54) is 19.5 Å². The van der Waals surface area contributed by atoms with Crippen molar-refractivity contribution in [1.82, 2.24) is 4.98 Å². The van der Waals surface area contributed by atoms with Crippen molar-refractivity contribution in [3.05, 3.63) is 23.0 Å². The topological polar surface area (TPSA) is 59.4 Å². The predicted octanol–water partition coefficient (Wildman–Crippen LogP) is 1.44. The predicted molar refractivity (Wildman–Crippen MR) is 42.8 cm³/mol. The van der Waals surface area contributed by atoms with Gasteiger partial charge in [0, 0.05) is 6.20 Å². The van der Waals surface area contributed by atoms with Crippen LogP contribution in [0.3, 0.4) is 0 Å². The lowest BCUT2D eigenvalue weighted by molar-refractivity contribution is 0.0696. The number of pyridine rings is 1. The molecule has 0 bridgehead atoms. The fourth-order valence-electron chi connectivity index (χ4n) is 0.717. The molecule has 0 aliphatic rings. The molecule has 0 aliphatic heterocycles. The smallest absolute Gasteiger partial charge is 0.338 e. The van der Waals surface area contributed by atoms with Gasteiger partial charge in [-0.05, 0) is 0 Å². The van der Waals surface area contributed by atoms with E-state index in [1.807, 2.05) is 0 Å². The van der Waals surface area contributed by atoms with Gasteiger partial charge in [0.1, 0.15) is 10.6 Å². The molecule has 1 heterocycles. The van der Waals surface area contributed by atoms with Crippen molar-refractivity contribution in [2.24, 2.45) is 0 Å². The van der Waals surface area contributed by atoms with Crippen molar-refractivity contribution >= 4 is 17.6 Å². The minimum absolute atomic E-state index is 0.0592. The van der Waals surface area contributed by atoms with Gasteiger partial charge >= 0.3 is 5.97 Å². The van der Waals surface area contributed by atoms with Crippen molar-refractivity contribution in [3.63, 3.8) is 0 Å². The quantitative estimate of drug-likeness (QED) is 0.761. The van der Waals surface area contributed by atoms with E-state index in [0.717, 1.165) is 0 Å². The lowest BCUT2D eigenvalue weighted by atomic mass is 10.3. The summed E-state index contributed by atoms with van der Waals surface area (Å²) in [6.07, 6.45) is 2.53. The number of carboxylic acid groups (broad SMARTS) is 1. The fraction of sp³-hybridized carbons (Fsp3) is 0.143. The monoisotopic (exact) mass is 187 g/mol. The molecule has 0 aromatic carbocycles. The van der Waals surface area contributed by atoms with Crippen LogP contribution in [0.1, 0.15) is 10.4 Å². The zero-order valence-electron chi connectivity index (χ0n) is 6.24. The van der Waals surface area contributed by atoms with Crippen LogP contribution in [-0.2, 0) is 0 Å². The van der Waals surface area contributed by atoms with Gasteiger partial charge in [-0.3, -0.25) is 4.98 Å². The van der Waals surface area contributed by atoms with Crippen LogP contribution in [0, 0.1) is 0 Å². The molecular weight excluding hydrogens is 182 g/mol.